The van der Waals surface area contributed by atoms with Crippen molar-refractivity contribution in [1.82, 2.24) is 10.2 Å². The predicted octanol–water partition coefficient (Wildman–Crippen LogP) is 4.92. The third kappa shape index (κ3) is 4.25. The summed E-state index contributed by atoms with van der Waals surface area (Å²) in [7, 11) is -3.94. The fourth-order valence-corrected chi connectivity index (χ4v) is 4.21. The fraction of sp³-hybridized carbons (Fsp3) is 0. The van der Waals surface area contributed by atoms with Crippen molar-refractivity contribution in [3.8, 4) is 0 Å². The predicted molar refractivity (Wildman–Crippen MR) is 118 cm³/mol. The number of rotatable bonds is 5. The summed E-state index contributed by atoms with van der Waals surface area (Å²) >= 11 is 11.9. The number of sulfonamides is 1. The normalized spacial score (nSPS) is 11.4. The molecule has 0 radical (unpaired) electrons. The minimum absolute atomic E-state index is 0.0126. The lowest BCUT2D eigenvalue weighted by atomic mass is 10.1. The molecule has 0 aliphatic rings. The molecule has 1 amide bonds. The maximum Gasteiger partial charge on any atom is 0.261 e. The van der Waals surface area contributed by atoms with Crippen LogP contribution in [0.4, 0.5) is 11.4 Å². The molecule has 152 valence electrons. The van der Waals surface area contributed by atoms with Crippen LogP contribution < -0.4 is 10.0 Å². The van der Waals surface area contributed by atoms with Crippen LogP contribution in [0.3, 0.4) is 0 Å². The van der Waals surface area contributed by atoms with Gasteiger partial charge in [-0.3, -0.25) is 14.6 Å². The number of anilines is 2. The third-order valence-electron chi connectivity index (χ3n) is 4.29. The molecule has 0 atom stereocenters. The number of aromatic nitrogens is 2. The molecule has 0 unspecified atom stereocenters. The second-order valence-electron chi connectivity index (χ2n) is 6.38. The van der Waals surface area contributed by atoms with E-state index in [9.17, 15) is 13.2 Å². The summed E-state index contributed by atoms with van der Waals surface area (Å²) in [6.07, 6.45) is 1.63. The van der Waals surface area contributed by atoms with Gasteiger partial charge in [0.25, 0.3) is 15.9 Å². The Hall–Kier alpha value is -3.07. The lowest BCUT2D eigenvalue weighted by Gasteiger charge is -2.13. The number of halogens is 2. The van der Waals surface area contributed by atoms with Gasteiger partial charge in [-0.05, 0) is 60.7 Å². The number of benzene rings is 3. The number of hydrogen-bond acceptors (Lipinski definition) is 4. The molecule has 7 nitrogen and oxygen atoms in total. The average Bonchev–Trinajstić information content (AvgIpc) is 3.17. The number of carbonyl (C=O) groups excluding carboxylic acids is 1. The Morgan fingerprint density at radius 3 is 2.43 bits per heavy atom. The van der Waals surface area contributed by atoms with Crippen molar-refractivity contribution in [3.05, 3.63) is 82.5 Å². The summed E-state index contributed by atoms with van der Waals surface area (Å²) in [5.41, 5.74) is 1.52. The molecule has 30 heavy (non-hydrogen) atoms. The number of nitrogens with one attached hydrogen (secondary N) is 3. The highest BCUT2D eigenvalue weighted by Crippen LogP contribution is 2.26. The molecule has 0 bridgehead atoms. The quantitative estimate of drug-likeness (QED) is 0.392. The zero-order chi connectivity index (χ0) is 21.3. The van der Waals surface area contributed by atoms with Crippen molar-refractivity contribution < 1.29 is 13.2 Å². The molecule has 0 spiro atoms. The van der Waals surface area contributed by atoms with Gasteiger partial charge in [-0.2, -0.15) is 5.10 Å². The molecule has 4 aromatic rings. The van der Waals surface area contributed by atoms with Crippen molar-refractivity contribution in [2.24, 2.45) is 0 Å². The van der Waals surface area contributed by atoms with Gasteiger partial charge in [0.2, 0.25) is 0 Å². The molecule has 10 heteroatoms. The monoisotopic (exact) mass is 460 g/mol. The van der Waals surface area contributed by atoms with Crippen molar-refractivity contribution >= 4 is 61.4 Å². The molecule has 1 aromatic heterocycles. The minimum Gasteiger partial charge on any atom is -0.322 e. The fourth-order valence-electron chi connectivity index (χ4n) is 2.83. The standard InChI is InChI=1S/C20H14Cl2N4O3S/c21-13-1-5-16(6-2-13)30(28,29)26-19-7-3-14(22)10-17(19)20(27)24-15-4-8-18-12(9-15)11-23-25-18/h1-11,26H,(H,23,25)(H,24,27). The molecule has 0 saturated heterocycles. The maximum atomic E-state index is 12.9. The summed E-state index contributed by atoms with van der Waals surface area (Å²) in [6.45, 7) is 0. The van der Waals surface area contributed by atoms with Gasteiger partial charge in [-0.15, -0.1) is 0 Å². The van der Waals surface area contributed by atoms with Gasteiger partial charge in [0.1, 0.15) is 0 Å². The highest BCUT2D eigenvalue weighted by Gasteiger charge is 2.19. The van der Waals surface area contributed by atoms with Crippen LogP contribution in [0, 0.1) is 0 Å². The van der Waals surface area contributed by atoms with Gasteiger partial charge in [0.05, 0.1) is 27.9 Å². The van der Waals surface area contributed by atoms with Crippen LogP contribution >= 0.6 is 23.2 Å². The van der Waals surface area contributed by atoms with Crippen LogP contribution in [-0.4, -0.2) is 24.5 Å². The van der Waals surface area contributed by atoms with Gasteiger partial charge in [0.15, 0.2) is 0 Å². The number of nitrogens with zero attached hydrogens (tertiary/aromatic N) is 1. The van der Waals surface area contributed by atoms with Gasteiger partial charge >= 0.3 is 0 Å². The van der Waals surface area contributed by atoms with Crippen LogP contribution in [0.25, 0.3) is 10.9 Å². The van der Waals surface area contributed by atoms with Crippen molar-refractivity contribution in [1.29, 1.82) is 0 Å². The number of H-pyrrole nitrogens is 1. The smallest absolute Gasteiger partial charge is 0.261 e. The van der Waals surface area contributed by atoms with E-state index >= 15 is 0 Å². The highest BCUT2D eigenvalue weighted by molar-refractivity contribution is 7.92. The van der Waals surface area contributed by atoms with Crippen molar-refractivity contribution in [2.75, 3.05) is 10.0 Å². The summed E-state index contributed by atoms with van der Waals surface area (Å²) in [6, 6.07) is 15.3. The van der Waals surface area contributed by atoms with Crippen LogP contribution in [0.2, 0.25) is 10.0 Å². The summed E-state index contributed by atoms with van der Waals surface area (Å²) < 4.78 is 27.9. The summed E-state index contributed by atoms with van der Waals surface area (Å²) in [4.78, 5) is 12.9. The Labute approximate surface area is 182 Å². The molecule has 0 fully saturated rings. The first-order valence-electron chi connectivity index (χ1n) is 8.64. The second kappa shape index (κ2) is 7.98. The van der Waals surface area contributed by atoms with E-state index < -0.39 is 15.9 Å². The van der Waals surface area contributed by atoms with Crippen molar-refractivity contribution in [2.45, 2.75) is 4.90 Å². The Bertz CT molecular complexity index is 1350. The number of aromatic amines is 1. The van der Waals surface area contributed by atoms with Crippen LogP contribution in [0.15, 0.2) is 71.8 Å². The molecule has 0 aliphatic carbocycles. The summed E-state index contributed by atoms with van der Waals surface area (Å²) in [5.74, 6) is -0.519. The molecule has 4 rings (SSSR count). The minimum atomic E-state index is -3.94. The third-order valence-corrected chi connectivity index (χ3v) is 6.16. The van der Waals surface area contributed by atoms with Gasteiger partial charge in [-0.1, -0.05) is 23.2 Å². The topological polar surface area (TPSA) is 104 Å². The van der Waals surface area contributed by atoms with E-state index in [2.05, 4.69) is 20.2 Å². The van der Waals surface area contributed by atoms with E-state index in [0.717, 1.165) is 10.9 Å². The molecule has 3 N–H and O–H groups in total. The van der Waals surface area contributed by atoms with Crippen LogP contribution in [0.5, 0.6) is 0 Å². The first-order chi connectivity index (χ1) is 14.3. The number of hydrogen-bond donors (Lipinski definition) is 3. The first kappa shape index (κ1) is 20.2. The molecule has 0 saturated carbocycles. The number of amides is 1. The van der Waals surface area contributed by atoms with E-state index in [4.69, 9.17) is 23.2 Å². The molecular weight excluding hydrogens is 447 g/mol. The Kier molecular flexibility index (Phi) is 5.38. The summed E-state index contributed by atoms with van der Waals surface area (Å²) in [5, 5.41) is 11.0. The van der Waals surface area contributed by atoms with E-state index in [1.54, 1.807) is 24.4 Å². The molecule has 0 aliphatic heterocycles. The zero-order valence-electron chi connectivity index (χ0n) is 15.2. The Balaban J connectivity index is 1.64. The van der Waals surface area contributed by atoms with E-state index in [1.807, 2.05) is 0 Å². The lowest BCUT2D eigenvalue weighted by Crippen LogP contribution is -2.18. The lowest BCUT2D eigenvalue weighted by molar-refractivity contribution is 0.102. The van der Waals surface area contributed by atoms with Crippen LogP contribution in [0.1, 0.15) is 10.4 Å². The van der Waals surface area contributed by atoms with Gasteiger partial charge in [-0.25, -0.2) is 8.42 Å². The van der Waals surface area contributed by atoms with Gasteiger partial charge < -0.3 is 5.32 Å². The van der Waals surface area contributed by atoms with E-state index in [-0.39, 0.29) is 16.1 Å². The SMILES string of the molecule is O=C(Nc1ccc2[nH]ncc2c1)c1cc(Cl)ccc1NS(=O)(=O)c1ccc(Cl)cc1. The van der Waals surface area contributed by atoms with Gasteiger partial charge in [0, 0.05) is 21.1 Å². The Morgan fingerprint density at radius 2 is 1.67 bits per heavy atom. The number of carbonyl (C=O) groups is 1. The zero-order valence-corrected chi connectivity index (χ0v) is 17.5. The number of fused-ring (bicyclic) bond motifs is 1. The molecule has 1 heterocycles. The van der Waals surface area contributed by atoms with Crippen LogP contribution in [-0.2, 0) is 10.0 Å². The molecule has 3 aromatic carbocycles. The largest absolute Gasteiger partial charge is 0.322 e. The second-order valence-corrected chi connectivity index (χ2v) is 8.93. The first-order valence-corrected chi connectivity index (χ1v) is 10.9. The van der Waals surface area contributed by atoms with E-state index in [1.165, 1.54) is 42.5 Å². The van der Waals surface area contributed by atoms with E-state index in [0.29, 0.717) is 15.7 Å². The maximum absolute atomic E-state index is 12.9. The Morgan fingerprint density at radius 1 is 0.933 bits per heavy atom. The molecular formula is C20H14Cl2N4O3S. The average molecular weight is 461 g/mol. The highest BCUT2D eigenvalue weighted by atomic mass is 35.5. The van der Waals surface area contributed by atoms with Crippen molar-refractivity contribution in [3.63, 3.8) is 0 Å².